The van der Waals surface area contributed by atoms with Gasteiger partial charge in [0.2, 0.25) is 5.91 Å². The quantitative estimate of drug-likeness (QED) is 0.794. The van der Waals surface area contributed by atoms with E-state index in [9.17, 15) is 9.59 Å². The molecule has 0 spiro atoms. The molecule has 0 aliphatic carbocycles. The number of furan rings is 1. The number of methoxy groups -OCH3 is 1. The first-order valence-electron chi connectivity index (χ1n) is 9.52. The average molecular weight is 385 g/mol. The number of nitrogens with zero attached hydrogens (tertiary/aromatic N) is 1. The van der Waals surface area contributed by atoms with Crippen LogP contribution in [0.3, 0.4) is 0 Å². The Morgan fingerprint density at radius 3 is 2.79 bits per heavy atom. The van der Waals surface area contributed by atoms with E-state index in [1.165, 1.54) is 13.4 Å². The van der Waals surface area contributed by atoms with E-state index in [4.69, 9.17) is 9.15 Å². The van der Waals surface area contributed by atoms with Gasteiger partial charge in [0.15, 0.2) is 5.76 Å². The van der Waals surface area contributed by atoms with Gasteiger partial charge in [0.25, 0.3) is 5.91 Å². The lowest BCUT2D eigenvalue weighted by molar-refractivity contribution is -0.127. The van der Waals surface area contributed by atoms with Gasteiger partial charge in [-0.2, -0.15) is 0 Å². The highest BCUT2D eigenvalue weighted by atomic mass is 16.5. The van der Waals surface area contributed by atoms with Crippen LogP contribution in [0.2, 0.25) is 0 Å². The van der Waals surface area contributed by atoms with Crippen LogP contribution in [0.5, 0.6) is 5.75 Å². The third kappa shape index (κ3) is 4.36. The molecule has 0 unspecified atom stereocenters. The Labute approximate surface area is 165 Å². The molecule has 0 radical (unpaired) electrons. The highest BCUT2D eigenvalue weighted by molar-refractivity contribution is 6.04. The molecular formula is C21H27N3O4. The van der Waals surface area contributed by atoms with Crippen LogP contribution in [0.25, 0.3) is 0 Å². The van der Waals surface area contributed by atoms with Crippen molar-refractivity contribution in [3.8, 4) is 5.75 Å². The fraction of sp³-hybridized carbons (Fsp3) is 0.429. The Kier molecular flexibility index (Phi) is 6.04. The first-order chi connectivity index (χ1) is 13.4. The van der Waals surface area contributed by atoms with Gasteiger partial charge in [-0.15, -0.1) is 0 Å². The fourth-order valence-electron chi connectivity index (χ4n) is 3.56. The smallest absolute Gasteiger partial charge is 0.291 e. The number of carbonyl (C=O) groups is 2. The first kappa shape index (κ1) is 19.9. The van der Waals surface area contributed by atoms with Crippen LogP contribution < -0.4 is 15.4 Å². The molecule has 1 aromatic carbocycles. The van der Waals surface area contributed by atoms with Crippen molar-refractivity contribution in [3.63, 3.8) is 0 Å². The van der Waals surface area contributed by atoms with Gasteiger partial charge >= 0.3 is 0 Å². The number of likely N-dealkylation sites (tertiary alicyclic amines) is 1. The van der Waals surface area contributed by atoms with Crippen molar-refractivity contribution in [2.24, 2.45) is 5.41 Å². The van der Waals surface area contributed by atoms with E-state index in [0.717, 1.165) is 32.5 Å². The monoisotopic (exact) mass is 385 g/mol. The zero-order valence-electron chi connectivity index (χ0n) is 16.6. The number of hydrogen-bond donors (Lipinski definition) is 2. The molecule has 1 atom stereocenters. The van der Waals surface area contributed by atoms with Crippen molar-refractivity contribution < 1.29 is 18.7 Å². The first-order valence-corrected chi connectivity index (χ1v) is 9.52. The van der Waals surface area contributed by atoms with Gasteiger partial charge in [0.1, 0.15) is 5.75 Å². The summed E-state index contributed by atoms with van der Waals surface area (Å²) in [6.45, 7) is 6.83. The normalized spacial score (nSPS) is 19.8. The van der Waals surface area contributed by atoms with Gasteiger partial charge in [-0.3, -0.25) is 9.59 Å². The summed E-state index contributed by atoms with van der Waals surface area (Å²) in [5.74, 6) is 0.300. The zero-order chi connectivity index (χ0) is 20.1. The molecular weight excluding hydrogens is 358 g/mol. The summed E-state index contributed by atoms with van der Waals surface area (Å²) in [7, 11) is 1.53. The summed E-state index contributed by atoms with van der Waals surface area (Å²) in [6.07, 6.45) is 3.30. The summed E-state index contributed by atoms with van der Waals surface area (Å²) in [6, 6.07) is 8.41. The minimum Gasteiger partial charge on any atom is -0.495 e. The second kappa shape index (κ2) is 8.48. The van der Waals surface area contributed by atoms with Gasteiger partial charge in [-0.05, 0) is 63.2 Å². The lowest BCUT2D eigenvalue weighted by Gasteiger charge is -2.38. The van der Waals surface area contributed by atoms with Crippen molar-refractivity contribution in [1.29, 1.82) is 0 Å². The van der Waals surface area contributed by atoms with Crippen LogP contribution in [0.4, 0.5) is 11.4 Å². The van der Waals surface area contributed by atoms with Crippen molar-refractivity contribution in [2.45, 2.75) is 26.7 Å². The lowest BCUT2D eigenvalue weighted by Crippen LogP contribution is -2.48. The van der Waals surface area contributed by atoms with Gasteiger partial charge in [-0.1, -0.05) is 6.92 Å². The topological polar surface area (TPSA) is 83.8 Å². The molecule has 1 fully saturated rings. The van der Waals surface area contributed by atoms with Crippen LogP contribution in [0.1, 0.15) is 37.2 Å². The molecule has 3 rings (SSSR count). The predicted molar refractivity (Wildman–Crippen MR) is 108 cm³/mol. The van der Waals surface area contributed by atoms with Gasteiger partial charge in [0.05, 0.1) is 24.5 Å². The van der Waals surface area contributed by atoms with E-state index < -0.39 is 5.41 Å². The number of amides is 2. The average Bonchev–Trinajstić information content (AvgIpc) is 3.23. The standard InChI is InChI=1S/C21H27N3O4/c1-4-24-11-6-10-21(2,14-24)20(26)22-15-8-9-17(27-3)16(13-15)23-19(25)18-7-5-12-28-18/h5,7-9,12-13H,4,6,10-11,14H2,1-3H3,(H,22,26)(H,23,25)/t21-/m0/s1. The Morgan fingerprint density at radius 1 is 1.29 bits per heavy atom. The second-order valence-corrected chi connectivity index (χ2v) is 7.33. The number of piperidine rings is 1. The molecule has 150 valence electrons. The van der Waals surface area contributed by atoms with Crippen molar-refractivity contribution in [2.75, 3.05) is 37.4 Å². The van der Waals surface area contributed by atoms with E-state index in [2.05, 4.69) is 22.5 Å². The van der Waals surface area contributed by atoms with E-state index in [0.29, 0.717) is 17.1 Å². The Balaban J connectivity index is 1.75. The maximum absolute atomic E-state index is 13.0. The Hall–Kier alpha value is -2.80. The molecule has 7 nitrogen and oxygen atoms in total. The van der Waals surface area contributed by atoms with Crippen LogP contribution in [0.15, 0.2) is 41.0 Å². The molecule has 1 aliphatic rings. The molecule has 2 aromatic rings. The SMILES string of the molecule is CCN1CCC[C@](C)(C(=O)Nc2ccc(OC)c(NC(=O)c3ccco3)c2)C1. The molecule has 0 bridgehead atoms. The summed E-state index contributed by atoms with van der Waals surface area (Å²) in [5.41, 5.74) is 0.632. The molecule has 1 saturated heterocycles. The number of rotatable bonds is 6. The zero-order valence-corrected chi connectivity index (χ0v) is 16.6. The predicted octanol–water partition coefficient (Wildman–Crippen LogP) is 3.60. The largest absolute Gasteiger partial charge is 0.495 e. The van der Waals surface area contributed by atoms with Crippen molar-refractivity contribution in [3.05, 3.63) is 42.4 Å². The van der Waals surface area contributed by atoms with Gasteiger partial charge < -0.3 is 24.7 Å². The third-order valence-electron chi connectivity index (χ3n) is 5.22. The highest BCUT2D eigenvalue weighted by Crippen LogP contribution is 2.33. The second-order valence-electron chi connectivity index (χ2n) is 7.33. The lowest BCUT2D eigenvalue weighted by atomic mass is 9.81. The van der Waals surface area contributed by atoms with Crippen LogP contribution >= 0.6 is 0 Å². The number of benzene rings is 1. The molecule has 1 aliphatic heterocycles. The van der Waals surface area contributed by atoms with Crippen molar-refractivity contribution in [1.82, 2.24) is 4.90 Å². The number of anilines is 2. The fourth-order valence-corrected chi connectivity index (χ4v) is 3.56. The maximum atomic E-state index is 13.0. The number of hydrogen-bond acceptors (Lipinski definition) is 5. The minimum atomic E-state index is -0.439. The summed E-state index contributed by atoms with van der Waals surface area (Å²) >= 11 is 0. The number of ether oxygens (including phenoxy) is 1. The van der Waals surface area contributed by atoms with E-state index >= 15 is 0 Å². The summed E-state index contributed by atoms with van der Waals surface area (Å²) < 4.78 is 10.4. The molecule has 1 aromatic heterocycles. The number of carbonyl (C=O) groups excluding carboxylic acids is 2. The Morgan fingerprint density at radius 2 is 2.11 bits per heavy atom. The van der Waals surface area contributed by atoms with E-state index in [1.807, 2.05) is 6.92 Å². The van der Waals surface area contributed by atoms with E-state index in [1.54, 1.807) is 30.3 Å². The molecule has 28 heavy (non-hydrogen) atoms. The molecule has 0 saturated carbocycles. The van der Waals surface area contributed by atoms with Gasteiger partial charge in [0, 0.05) is 12.2 Å². The summed E-state index contributed by atoms with van der Waals surface area (Å²) in [4.78, 5) is 27.5. The van der Waals surface area contributed by atoms with Crippen LogP contribution in [0, 0.1) is 5.41 Å². The van der Waals surface area contributed by atoms with Gasteiger partial charge in [-0.25, -0.2) is 0 Å². The van der Waals surface area contributed by atoms with Crippen molar-refractivity contribution >= 4 is 23.2 Å². The maximum Gasteiger partial charge on any atom is 0.291 e. The third-order valence-corrected chi connectivity index (χ3v) is 5.22. The van der Waals surface area contributed by atoms with Crippen LogP contribution in [-0.4, -0.2) is 43.5 Å². The van der Waals surface area contributed by atoms with Crippen LogP contribution in [-0.2, 0) is 4.79 Å². The molecule has 2 heterocycles. The molecule has 2 N–H and O–H groups in total. The molecule has 7 heteroatoms. The molecule has 2 amide bonds. The number of nitrogens with one attached hydrogen (secondary N) is 2. The highest BCUT2D eigenvalue weighted by Gasteiger charge is 2.37. The Bertz CT molecular complexity index is 834. The summed E-state index contributed by atoms with van der Waals surface area (Å²) in [5, 5.41) is 5.77. The van der Waals surface area contributed by atoms with E-state index in [-0.39, 0.29) is 17.6 Å². The minimum absolute atomic E-state index is 0.0147.